The van der Waals surface area contributed by atoms with Crippen molar-refractivity contribution < 1.29 is 18.5 Å². The summed E-state index contributed by atoms with van der Waals surface area (Å²) in [6, 6.07) is 5.03. The molecule has 0 spiro atoms. The van der Waals surface area contributed by atoms with Gasteiger partial charge in [0.15, 0.2) is 11.5 Å². The van der Waals surface area contributed by atoms with Gasteiger partial charge in [-0.25, -0.2) is 5.10 Å². The second-order valence-corrected chi connectivity index (χ2v) is 3.91. The van der Waals surface area contributed by atoms with Crippen LogP contribution in [-0.2, 0) is 0 Å². The van der Waals surface area contributed by atoms with Gasteiger partial charge in [0.05, 0.1) is 12.9 Å². The maximum absolute atomic E-state index is 12.0. The van der Waals surface area contributed by atoms with Crippen molar-refractivity contribution in [1.82, 2.24) is 20.3 Å². The van der Waals surface area contributed by atoms with Crippen molar-refractivity contribution in [2.75, 3.05) is 11.9 Å². The van der Waals surface area contributed by atoms with Crippen LogP contribution in [0, 0.1) is 0 Å². The number of furan rings is 1. The number of carbonyl (C=O) groups is 1. The predicted octanol–water partition coefficient (Wildman–Crippen LogP) is 1.70. The van der Waals surface area contributed by atoms with Gasteiger partial charge in [-0.1, -0.05) is 5.16 Å². The van der Waals surface area contributed by atoms with Gasteiger partial charge in [0.1, 0.15) is 0 Å². The number of carbonyl (C=O) groups excluding carboxylic acids is 1. The first-order valence-corrected chi connectivity index (χ1v) is 6.13. The Hall–Kier alpha value is -3.10. The molecule has 3 heterocycles. The molecule has 0 atom stereocenters. The number of nitrogens with one attached hydrogen (secondary N) is 2. The summed E-state index contributed by atoms with van der Waals surface area (Å²) in [7, 11) is 0. The molecular formula is C12H11N5O4. The lowest BCUT2D eigenvalue weighted by Gasteiger charge is -1.95. The highest BCUT2D eigenvalue weighted by Crippen LogP contribution is 2.20. The summed E-state index contributed by atoms with van der Waals surface area (Å²) in [5.41, 5.74) is 0.0933. The SMILES string of the molecule is CCOc1n[nH]c(NC(=O)c2cc(-c3ccco3)on2)n1. The van der Waals surface area contributed by atoms with Gasteiger partial charge in [-0.05, 0) is 19.1 Å². The third-order valence-electron chi connectivity index (χ3n) is 2.48. The number of amides is 1. The summed E-state index contributed by atoms with van der Waals surface area (Å²) in [5.74, 6) is 0.513. The first-order valence-electron chi connectivity index (χ1n) is 6.13. The normalized spacial score (nSPS) is 10.5. The number of ether oxygens (including phenoxy) is 1. The zero-order chi connectivity index (χ0) is 14.7. The second kappa shape index (κ2) is 5.49. The van der Waals surface area contributed by atoms with Crippen molar-refractivity contribution in [2.45, 2.75) is 6.92 Å². The smallest absolute Gasteiger partial charge is 0.337 e. The van der Waals surface area contributed by atoms with Crippen LogP contribution in [0.2, 0.25) is 0 Å². The van der Waals surface area contributed by atoms with Crippen molar-refractivity contribution in [3.8, 4) is 17.5 Å². The van der Waals surface area contributed by atoms with E-state index in [1.54, 1.807) is 19.1 Å². The van der Waals surface area contributed by atoms with Gasteiger partial charge in [-0.15, -0.1) is 5.10 Å². The Labute approximate surface area is 118 Å². The second-order valence-electron chi connectivity index (χ2n) is 3.91. The Balaban J connectivity index is 1.70. The summed E-state index contributed by atoms with van der Waals surface area (Å²) in [6.07, 6.45) is 1.50. The van der Waals surface area contributed by atoms with Gasteiger partial charge in [0, 0.05) is 6.07 Å². The van der Waals surface area contributed by atoms with Gasteiger partial charge in [-0.3, -0.25) is 10.1 Å². The van der Waals surface area contributed by atoms with E-state index in [0.29, 0.717) is 18.1 Å². The van der Waals surface area contributed by atoms with E-state index in [9.17, 15) is 4.79 Å². The molecule has 9 nitrogen and oxygen atoms in total. The number of hydrogen-bond acceptors (Lipinski definition) is 7. The Bertz CT molecular complexity index is 731. The largest absolute Gasteiger partial charge is 0.463 e. The highest BCUT2D eigenvalue weighted by atomic mass is 16.5. The molecule has 1 amide bonds. The van der Waals surface area contributed by atoms with Crippen molar-refractivity contribution in [3.63, 3.8) is 0 Å². The van der Waals surface area contributed by atoms with Crippen molar-refractivity contribution in [1.29, 1.82) is 0 Å². The average Bonchev–Trinajstić information content (AvgIpc) is 3.20. The van der Waals surface area contributed by atoms with E-state index in [-0.39, 0.29) is 17.7 Å². The average molecular weight is 289 g/mol. The highest BCUT2D eigenvalue weighted by Gasteiger charge is 2.16. The van der Waals surface area contributed by atoms with Crippen molar-refractivity contribution >= 4 is 11.9 Å². The summed E-state index contributed by atoms with van der Waals surface area (Å²) in [6.45, 7) is 2.24. The molecule has 0 unspecified atom stereocenters. The molecule has 3 rings (SSSR count). The minimum atomic E-state index is -0.490. The number of anilines is 1. The quantitative estimate of drug-likeness (QED) is 0.733. The predicted molar refractivity (Wildman–Crippen MR) is 69.7 cm³/mol. The first-order chi connectivity index (χ1) is 10.3. The summed E-state index contributed by atoms with van der Waals surface area (Å²) < 4.78 is 15.3. The molecule has 9 heteroatoms. The Morgan fingerprint density at radius 3 is 3.14 bits per heavy atom. The lowest BCUT2D eigenvalue weighted by atomic mass is 10.3. The van der Waals surface area contributed by atoms with E-state index < -0.39 is 5.91 Å². The van der Waals surface area contributed by atoms with Gasteiger partial charge < -0.3 is 13.7 Å². The third-order valence-corrected chi connectivity index (χ3v) is 2.48. The Kier molecular flexibility index (Phi) is 3.37. The molecule has 0 fully saturated rings. The van der Waals surface area contributed by atoms with Crippen LogP contribution < -0.4 is 10.1 Å². The Morgan fingerprint density at radius 1 is 1.48 bits per heavy atom. The van der Waals surface area contributed by atoms with Crippen LogP contribution in [0.3, 0.4) is 0 Å². The summed E-state index contributed by atoms with van der Waals surface area (Å²) >= 11 is 0. The van der Waals surface area contributed by atoms with E-state index >= 15 is 0 Å². The molecule has 21 heavy (non-hydrogen) atoms. The molecule has 108 valence electrons. The van der Waals surface area contributed by atoms with E-state index in [2.05, 4.69) is 25.7 Å². The molecule has 3 aromatic rings. The number of nitrogens with zero attached hydrogens (tertiary/aromatic N) is 3. The molecule has 0 aliphatic carbocycles. The highest BCUT2D eigenvalue weighted by molar-refractivity contribution is 6.02. The van der Waals surface area contributed by atoms with Gasteiger partial charge >= 0.3 is 6.01 Å². The number of hydrogen-bond donors (Lipinski definition) is 2. The summed E-state index contributed by atoms with van der Waals surface area (Å²) in [4.78, 5) is 15.9. The zero-order valence-corrected chi connectivity index (χ0v) is 11.0. The maximum Gasteiger partial charge on any atom is 0.337 e. The Morgan fingerprint density at radius 2 is 2.38 bits per heavy atom. The van der Waals surface area contributed by atoms with Crippen LogP contribution in [0.4, 0.5) is 5.95 Å². The lowest BCUT2D eigenvalue weighted by molar-refractivity contribution is 0.101. The zero-order valence-electron chi connectivity index (χ0n) is 11.0. The molecule has 0 saturated heterocycles. The minimum absolute atomic E-state index is 0.0933. The van der Waals surface area contributed by atoms with Crippen molar-refractivity contribution in [3.05, 3.63) is 30.2 Å². The minimum Gasteiger partial charge on any atom is -0.463 e. The van der Waals surface area contributed by atoms with E-state index in [1.807, 2.05) is 0 Å². The topological polar surface area (TPSA) is 119 Å². The van der Waals surface area contributed by atoms with E-state index in [0.717, 1.165) is 0 Å². The van der Waals surface area contributed by atoms with Crippen LogP contribution >= 0.6 is 0 Å². The number of aromatic nitrogens is 4. The fraction of sp³-hybridized carbons (Fsp3) is 0.167. The van der Waals surface area contributed by atoms with Crippen molar-refractivity contribution in [2.24, 2.45) is 0 Å². The van der Waals surface area contributed by atoms with Crippen LogP contribution in [0.15, 0.2) is 33.4 Å². The third kappa shape index (κ3) is 2.76. The molecule has 2 N–H and O–H groups in total. The lowest BCUT2D eigenvalue weighted by Crippen LogP contribution is -2.13. The molecule has 0 saturated carbocycles. The fourth-order valence-corrected chi connectivity index (χ4v) is 1.58. The molecule has 3 aromatic heterocycles. The van der Waals surface area contributed by atoms with Crippen LogP contribution in [-0.4, -0.2) is 32.9 Å². The molecule has 0 aromatic carbocycles. The van der Waals surface area contributed by atoms with E-state index in [4.69, 9.17) is 13.7 Å². The molecule has 0 radical (unpaired) electrons. The fourth-order valence-electron chi connectivity index (χ4n) is 1.58. The molecular weight excluding hydrogens is 278 g/mol. The van der Waals surface area contributed by atoms with Crippen LogP contribution in [0.5, 0.6) is 6.01 Å². The number of H-pyrrole nitrogens is 1. The monoisotopic (exact) mass is 289 g/mol. The number of rotatable bonds is 5. The molecule has 0 aliphatic heterocycles. The van der Waals surface area contributed by atoms with E-state index in [1.165, 1.54) is 12.3 Å². The molecule has 0 bridgehead atoms. The van der Waals surface area contributed by atoms with Crippen LogP contribution in [0.1, 0.15) is 17.4 Å². The number of aromatic amines is 1. The van der Waals surface area contributed by atoms with Gasteiger partial charge in [0.2, 0.25) is 11.7 Å². The van der Waals surface area contributed by atoms with Gasteiger partial charge in [-0.2, -0.15) is 4.98 Å². The first kappa shape index (κ1) is 12.9. The van der Waals surface area contributed by atoms with Gasteiger partial charge in [0.25, 0.3) is 5.91 Å². The van der Waals surface area contributed by atoms with Crippen LogP contribution in [0.25, 0.3) is 11.5 Å². The standard InChI is InChI=1S/C12H11N5O4/c1-2-19-12-14-11(15-16-12)13-10(18)7-6-9(21-17-7)8-4-3-5-20-8/h3-6H,2H2,1H3,(H2,13,14,15,16,18). The summed E-state index contributed by atoms with van der Waals surface area (Å²) in [5, 5.41) is 12.5. The maximum atomic E-state index is 12.0. The molecule has 0 aliphatic rings.